The Labute approximate surface area is 146 Å². The van der Waals surface area contributed by atoms with Crippen LogP contribution in [0.4, 0.5) is 16.2 Å². The fraction of sp³-hybridized carbons (Fsp3) is 0.125. The molecule has 0 bridgehead atoms. The summed E-state index contributed by atoms with van der Waals surface area (Å²) in [5.74, 6) is -0.235. The molecule has 0 aliphatic carbocycles. The largest absolute Gasteiger partial charge is 0.326 e. The highest BCUT2D eigenvalue weighted by molar-refractivity contribution is 7.13. The van der Waals surface area contributed by atoms with Gasteiger partial charge in [0.25, 0.3) is 0 Å². The van der Waals surface area contributed by atoms with Crippen molar-refractivity contribution < 1.29 is 9.59 Å². The van der Waals surface area contributed by atoms with Gasteiger partial charge in [-0.25, -0.2) is 9.78 Å². The van der Waals surface area contributed by atoms with E-state index in [0.29, 0.717) is 17.8 Å². The van der Waals surface area contributed by atoms with Crippen LogP contribution >= 0.6 is 11.3 Å². The van der Waals surface area contributed by atoms with Gasteiger partial charge in [-0.1, -0.05) is 18.2 Å². The normalized spacial score (nSPS) is 16.0. The van der Waals surface area contributed by atoms with Gasteiger partial charge in [0.2, 0.25) is 5.91 Å². The molecule has 2 aromatic heterocycles. The molecule has 0 saturated heterocycles. The van der Waals surface area contributed by atoms with Gasteiger partial charge < -0.3 is 16.0 Å². The molecule has 0 saturated carbocycles. The van der Waals surface area contributed by atoms with E-state index in [0.717, 1.165) is 16.3 Å². The molecule has 4 N–H and O–H groups in total. The zero-order valence-corrected chi connectivity index (χ0v) is 13.8. The van der Waals surface area contributed by atoms with Crippen LogP contribution in [-0.2, 0) is 11.2 Å². The lowest BCUT2D eigenvalue weighted by Crippen LogP contribution is -2.49. The molecule has 1 atom stereocenters. The summed E-state index contributed by atoms with van der Waals surface area (Å²) in [5.41, 5.74) is 2.90. The van der Waals surface area contributed by atoms with Crippen LogP contribution in [0.15, 0.2) is 42.0 Å². The van der Waals surface area contributed by atoms with Gasteiger partial charge in [-0.15, -0.1) is 11.3 Å². The minimum atomic E-state index is -0.634. The van der Waals surface area contributed by atoms with Crippen LogP contribution in [0.5, 0.6) is 0 Å². The number of aromatic nitrogens is 3. The molecular weight excluding hydrogens is 340 g/mol. The Morgan fingerprint density at radius 3 is 3.04 bits per heavy atom. The van der Waals surface area contributed by atoms with Crippen LogP contribution in [0.2, 0.25) is 0 Å². The van der Waals surface area contributed by atoms with E-state index >= 15 is 0 Å². The molecule has 0 radical (unpaired) electrons. The standard InChI is InChI=1S/C16H14N6O2S/c23-14-11(7-9-3-1-2-4-10(9)19-14)20-16(24)21-12-8-18-22-13(12)15-17-5-6-25-15/h1-6,8,11H,7H2,(H,18,22)(H,19,23)(H2,20,21,24). The molecule has 8 nitrogen and oxygen atoms in total. The predicted octanol–water partition coefficient (Wildman–Crippen LogP) is 2.22. The molecule has 1 aromatic carbocycles. The summed E-state index contributed by atoms with van der Waals surface area (Å²) in [6.45, 7) is 0. The number of aromatic amines is 1. The number of nitrogens with one attached hydrogen (secondary N) is 4. The molecule has 126 valence electrons. The molecule has 4 rings (SSSR count). The average molecular weight is 354 g/mol. The molecule has 0 fully saturated rings. The molecule has 1 aliphatic rings. The van der Waals surface area contributed by atoms with E-state index in [1.54, 1.807) is 6.20 Å². The highest BCUT2D eigenvalue weighted by Gasteiger charge is 2.27. The van der Waals surface area contributed by atoms with Crippen molar-refractivity contribution >= 4 is 34.6 Å². The topological polar surface area (TPSA) is 112 Å². The van der Waals surface area contributed by atoms with Crippen molar-refractivity contribution in [3.8, 4) is 10.7 Å². The summed E-state index contributed by atoms with van der Waals surface area (Å²) in [6.07, 6.45) is 3.63. The van der Waals surface area contributed by atoms with E-state index in [1.165, 1.54) is 17.5 Å². The van der Waals surface area contributed by atoms with Crippen molar-refractivity contribution in [3.63, 3.8) is 0 Å². The first-order valence-electron chi connectivity index (χ1n) is 7.60. The van der Waals surface area contributed by atoms with Crippen LogP contribution in [0, 0.1) is 0 Å². The van der Waals surface area contributed by atoms with Crippen molar-refractivity contribution in [1.29, 1.82) is 0 Å². The number of nitrogens with zero attached hydrogens (tertiary/aromatic N) is 2. The predicted molar refractivity (Wildman–Crippen MR) is 94.4 cm³/mol. The quantitative estimate of drug-likeness (QED) is 0.578. The lowest BCUT2D eigenvalue weighted by Gasteiger charge is -2.25. The maximum atomic E-state index is 12.3. The lowest BCUT2D eigenvalue weighted by molar-refractivity contribution is -0.118. The van der Waals surface area contributed by atoms with Crippen molar-refractivity contribution in [1.82, 2.24) is 20.5 Å². The molecule has 1 aliphatic heterocycles. The molecule has 3 heterocycles. The van der Waals surface area contributed by atoms with Gasteiger partial charge in [-0.05, 0) is 11.6 Å². The summed E-state index contributed by atoms with van der Waals surface area (Å²) < 4.78 is 0. The Hall–Kier alpha value is -3.20. The number of H-pyrrole nitrogens is 1. The monoisotopic (exact) mass is 354 g/mol. The summed E-state index contributed by atoms with van der Waals surface area (Å²) in [5, 5.41) is 17.5. The summed E-state index contributed by atoms with van der Waals surface area (Å²) in [7, 11) is 0. The number of hydrogen-bond donors (Lipinski definition) is 4. The molecular formula is C16H14N6O2S. The lowest BCUT2D eigenvalue weighted by atomic mass is 9.99. The molecule has 9 heteroatoms. The minimum absolute atomic E-state index is 0.235. The van der Waals surface area contributed by atoms with Gasteiger partial charge >= 0.3 is 6.03 Å². The number of urea groups is 1. The molecule has 3 amide bonds. The minimum Gasteiger partial charge on any atom is -0.326 e. The van der Waals surface area contributed by atoms with Crippen LogP contribution in [0.1, 0.15) is 5.56 Å². The number of amides is 3. The van der Waals surface area contributed by atoms with E-state index in [9.17, 15) is 9.59 Å². The fourth-order valence-electron chi connectivity index (χ4n) is 2.68. The third-order valence-electron chi connectivity index (χ3n) is 3.85. The second kappa shape index (κ2) is 6.36. The Morgan fingerprint density at radius 1 is 1.32 bits per heavy atom. The third-order valence-corrected chi connectivity index (χ3v) is 4.65. The smallest absolute Gasteiger partial charge is 0.320 e. The van der Waals surface area contributed by atoms with Crippen LogP contribution in [-0.4, -0.2) is 33.2 Å². The number of carbonyl (C=O) groups excluding carboxylic acids is 2. The van der Waals surface area contributed by atoms with Crippen molar-refractivity contribution in [2.75, 3.05) is 10.6 Å². The van der Waals surface area contributed by atoms with E-state index in [-0.39, 0.29) is 5.91 Å². The van der Waals surface area contributed by atoms with Gasteiger partial charge in [0.1, 0.15) is 16.7 Å². The SMILES string of the molecule is O=C(Nc1cn[nH]c1-c1nccs1)NC1Cc2ccccc2NC1=O. The van der Waals surface area contributed by atoms with Crippen molar-refractivity contribution in [3.05, 3.63) is 47.6 Å². The maximum Gasteiger partial charge on any atom is 0.320 e. The van der Waals surface area contributed by atoms with Gasteiger partial charge in [-0.2, -0.15) is 5.10 Å². The first-order chi connectivity index (χ1) is 12.2. The number of thiazole rings is 1. The van der Waals surface area contributed by atoms with Crippen LogP contribution in [0.25, 0.3) is 10.7 Å². The first-order valence-corrected chi connectivity index (χ1v) is 8.48. The van der Waals surface area contributed by atoms with E-state index in [1.807, 2.05) is 29.6 Å². The highest BCUT2D eigenvalue weighted by atomic mass is 32.1. The molecule has 3 aromatic rings. The number of carbonyl (C=O) groups is 2. The van der Waals surface area contributed by atoms with E-state index in [2.05, 4.69) is 31.1 Å². The van der Waals surface area contributed by atoms with E-state index in [4.69, 9.17) is 0 Å². The van der Waals surface area contributed by atoms with Gasteiger partial charge in [0, 0.05) is 23.7 Å². The summed E-state index contributed by atoms with van der Waals surface area (Å²) in [4.78, 5) is 28.7. The molecule has 0 spiro atoms. The second-order valence-corrected chi connectivity index (χ2v) is 6.39. The fourth-order valence-corrected chi connectivity index (χ4v) is 3.32. The zero-order valence-electron chi connectivity index (χ0n) is 12.9. The zero-order chi connectivity index (χ0) is 17.2. The Morgan fingerprint density at radius 2 is 2.20 bits per heavy atom. The Kier molecular flexibility index (Phi) is 3.90. The number of anilines is 2. The number of fused-ring (bicyclic) bond motifs is 1. The number of rotatable bonds is 3. The number of benzene rings is 1. The van der Waals surface area contributed by atoms with Crippen LogP contribution in [0.3, 0.4) is 0 Å². The molecule has 1 unspecified atom stereocenters. The van der Waals surface area contributed by atoms with Crippen molar-refractivity contribution in [2.45, 2.75) is 12.5 Å². The number of para-hydroxylation sites is 1. The summed E-state index contributed by atoms with van der Waals surface area (Å²) in [6, 6.07) is 6.43. The maximum absolute atomic E-state index is 12.3. The molecule has 25 heavy (non-hydrogen) atoms. The van der Waals surface area contributed by atoms with Gasteiger partial charge in [0.15, 0.2) is 0 Å². The van der Waals surface area contributed by atoms with Gasteiger partial charge in [-0.3, -0.25) is 9.89 Å². The third kappa shape index (κ3) is 3.09. The number of hydrogen-bond acceptors (Lipinski definition) is 5. The first kappa shape index (κ1) is 15.3. The van der Waals surface area contributed by atoms with Crippen molar-refractivity contribution in [2.24, 2.45) is 0 Å². The average Bonchev–Trinajstić information content (AvgIpc) is 3.26. The Balaban J connectivity index is 1.45. The highest BCUT2D eigenvalue weighted by Crippen LogP contribution is 2.27. The summed E-state index contributed by atoms with van der Waals surface area (Å²) >= 11 is 1.43. The Bertz CT molecular complexity index is 920. The van der Waals surface area contributed by atoms with Crippen LogP contribution < -0.4 is 16.0 Å². The van der Waals surface area contributed by atoms with E-state index < -0.39 is 12.1 Å². The second-order valence-electron chi connectivity index (χ2n) is 5.50. The van der Waals surface area contributed by atoms with Gasteiger partial charge in [0.05, 0.1) is 11.9 Å².